The van der Waals surface area contributed by atoms with Crippen LogP contribution in [0, 0.1) is 0 Å². The van der Waals surface area contributed by atoms with Crippen LogP contribution in [0.4, 0.5) is 0 Å². The summed E-state index contributed by atoms with van der Waals surface area (Å²) in [7, 11) is 1.58. The number of hydrogen-bond donors (Lipinski definition) is 0. The molecule has 1 aromatic carbocycles. The summed E-state index contributed by atoms with van der Waals surface area (Å²) in [5.74, 6) is 2.65. The second-order valence-corrected chi connectivity index (χ2v) is 7.10. The third-order valence-electron chi connectivity index (χ3n) is 5.42. The van der Waals surface area contributed by atoms with Crippen molar-refractivity contribution in [1.82, 2.24) is 24.7 Å². The van der Waals surface area contributed by atoms with Gasteiger partial charge < -0.3 is 19.1 Å². The van der Waals surface area contributed by atoms with Gasteiger partial charge in [-0.05, 0) is 31.0 Å². The first-order chi connectivity index (χ1) is 14.2. The van der Waals surface area contributed by atoms with Crippen LogP contribution in [0.25, 0.3) is 5.65 Å². The van der Waals surface area contributed by atoms with E-state index in [0.717, 1.165) is 18.7 Å². The molecule has 0 radical (unpaired) electrons. The molecule has 4 heterocycles. The van der Waals surface area contributed by atoms with Crippen molar-refractivity contribution in [3.8, 4) is 17.4 Å². The number of hydrogen-bond acceptors (Lipinski definition) is 7. The molecule has 0 bridgehead atoms. The van der Waals surface area contributed by atoms with Crippen molar-refractivity contribution in [2.75, 3.05) is 33.4 Å². The number of methoxy groups -OCH3 is 1. The predicted octanol–water partition coefficient (Wildman–Crippen LogP) is 1.92. The van der Waals surface area contributed by atoms with E-state index < -0.39 is 0 Å². The lowest BCUT2D eigenvalue weighted by molar-refractivity contribution is 0.0700. The highest BCUT2D eigenvalue weighted by molar-refractivity contribution is 5.98. The average Bonchev–Trinajstić information content (AvgIpc) is 3.21. The monoisotopic (exact) mass is 395 g/mol. The van der Waals surface area contributed by atoms with E-state index in [-0.39, 0.29) is 11.8 Å². The van der Waals surface area contributed by atoms with E-state index in [0.29, 0.717) is 54.9 Å². The Kier molecular flexibility index (Phi) is 4.42. The lowest BCUT2D eigenvalue weighted by atomic mass is 9.95. The Morgan fingerprint density at radius 1 is 1.10 bits per heavy atom. The van der Waals surface area contributed by atoms with E-state index in [2.05, 4.69) is 15.3 Å². The summed E-state index contributed by atoms with van der Waals surface area (Å²) < 4.78 is 18.2. The number of aromatic nitrogens is 4. The lowest BCUT2D eigenvalue weighted by Crippen LogP contribution is -2.38. The normalized spacial score (nSPS) is 16.8. The first kappa shape index (κ1) is 17.7. The largest absolute Gasteiger partial charge is 0.486 e. The maximum Gasteiger partial charge on any atom is 0.257 e. The maximum atomic E-state index is 13.1. The van der Waals surface area contributed by atoms with Gasteiger partial charge in [-0.25, -0.2) is 0 Å². The number of carbonyl (C=O) groups excluding carboxylic acids is 1. The first-order valence-corrected chi connectivity index (χ1v) is 9.69. The van der Waals surface area contributed by atoms with Crippen molar-refractivity contribution in [1.29, 1.82) is 0 Å². The molecule has 1 fully saturated rings. The van der Waals surface area contributed by atoms with Crippen molar-refractivity contribution in [3.63, 3.8) is 0 Å². The molecule has 2 aliphatic rings. The minimum Gasteiger partial charge on any atom is -0.486 e. The van der Waals surface area contributed by atoms with E-state index in [1.165, 1.54) is 0 Å². The summed E-state index contributed by atoms with van der Waals surface area (Å²) in [5.41, 5.74) is 1.24. The molecule has 0 unspecified atom stereocenters. The SMILES string of the molecule is COc1ccc2nnc(C3CCN(C(=O)c4cccc5c4OCCO5)CC3)n2n1. The van der Waals surface area contributed by atoms with Crippen LogP contribution in [-0.4, -0.2) is 64.0 Å². The number of ether oxygens (including phenoxy) is 3. The number of fused-ring (bicyclic) bond motifs is 2. The fraction of sp³-hybridized carbons (Fsp3) is 0.400. The zero-order chi connectivity index (χ0) is 19.8. The van der Waals surface area contributed by atoms with Crippen molar-refractivity contribution in [3.05, 3.63) is 41.7 Å². The molecule has 0 N–H and O–H groups in total. The molecule has 0 spiro atoms. The van der Waals surface area contributed by atoms with E-state index in [1.54, 1.807) is 23.8 Å². The van der Waals surface area contributed by atoms with Gasteiger partial charge in [0.15, 0.2) is 23.0 Å². The van der Waals surface area contributed by atoms with Crippen molar-refractivity contribution in [2.24, 2.45) is 0 Å². The van der Waals surface area contributed by atoms with Crippen LogP contribution in [0.5, 0.6) is 17.4 Å². The number of nitrogens with zero attached hydrogens (tertiary/aromatic N) is 5. The Morgan fingerprint density at radius 3 is 2.76 bits per heavy atom. The second-order valence-electron chi connectivity index (χ2n) is 7.10. The molecule has 5 rings (SSSR count). The third kappa shape index (κ3) is 3.12. The first-order valence-electron chi connectivity index (χ1n) is 9.69. The van der Waals surface area contributed by atoms with Crippen LogP contribution in [0.3, 0.4) is 0 Å². The molecule has 1 saturated heterocycles. The highest BCUT2D eigenvalue weighted by Gasteiger charge is 2.30. The van der Waals surface area contributed by atoms with Gasteiger partial charge in [0, 0.05) is 25.1 Å². The highest BCUT2D eigenvalue weighted by atomic mass is 16.6. The van der Waals surface area contributed by atoms with Crippen LogP contribution in [0.1, 0.15) is 34.9 Å². The number of likely N-dealkylation sites (tertiary alicyclic amines) is 1. The van der Waals surface area contributed by atoms with Crippen molar-refractivity contribution in [2.45, 2.75) is 18.8 Å². The molecule has 2 aromatic heterocycles. The van der Waals surface area contributed by atoms with Gasteiger partial charge in [0.05, 0.1) is 12.7 Å². The Balaban J connectivity index is 1.33. The fourth-order valence-electron chi connectivity index (χ4n) is 3.91. The minimum absolute atomic E-state index is 0.0308. The Hall–Kier alpha value is -3.36. The number of para-hydroxylation sites is 1. The Labute approximate surface area is 167 Å². The van der Waals surface area contributed by atoms with Gasteiger partial charge in [0.1, 0.15) is 13.2 Å². The van der Waals surface area contributed by atoms with Gasteiger partial charge in [0.2, 0.25) is 5.88 Å². The van der Waals surface area contributed by atoms with Crippen LogP contribution in [0.15, 0.2) is 30.3 Å². The number of carbonyl (C=O) groups is 1. The van der Waals surface area contributed by atoms with Gasteiger partial charge in [-0.1, -0.05) is 6.07 Å². The molecule has 150 valence electrons. The van der Waals surface area contributed by atoms with Crippen LogP contribution < -0.4 is 14.2 Å². The molecule has 29 heavy (non-hydrogen) atoms. The Bertz CT molecular complexity index is 1060. The molecule has 0 saturated carbocycles. The molecule has 3 aromatic rings. The summed E-state index contributed by atoms with van der Waals surface area (Å²) in [4.78, 5) is 15.0. The van der Waals surface area contributed by atoms with Crippen LogP contribution >= 0.6 is 0 Å². The van der Waals surface area contributed by atoms with E-state index in [9.17, 15) is 4.79 Å². The predicted molar refractivity (Wildman–Crippen MR) is 103 cm³/mol. The quantitative estimate of drug-likeness (QED) is 0.669. The van der Waals surface area contributed by atoms with Crippen molar-refractivity contribution < 1.29 is 19.0 Å². The van der Waals surface area contributed by atoms with E-state index in [4.69, 9.17) is 14.2 Å². The number of amides is 1. The number of rotatable bonds is 3. The summed E-state index contributed by atoms with van der Waals surface area (Å²) in [6.07, 6.45) is 1.58. The average molecular weight is 395 g/mol. The summed E-state index contributed by atoms with van der Waals surface area (Å²) in [6.45, 7) is 2.22. The molecule has 0 atom stereocenters. The van der Waals surface area contributed by atoms with Crippen molar-refractivity contribution >= 4 is 11.6 Å². The number of piperidine rings is 1. The smallest absolute Gasteiger partial charge is 0.257 e. The molecule has 1 amide bonds. The number of benzene rings is 1. The summed E-state index contributed by atoms with van der Waals surface area (Å²) >= 11 is 0. The summed E-state index contributed by atoms with van der Waals surface area (Å²) in [5, 5.41) is 13.0. The molecule has 9 nitrogen and oxygen atoms in total. The molecular formula is C20H21N5O4. The van der Waals surface area contributed by atoms with Gasteiger partial charge >= 0.3 is 0 Å². The van der Waals surface area contributed by atoms with E-state index in [1.807, 2.05) is 23.1 Å². The molecule has 0 aliphatic carbocycles. The third-order valence-corrected chi connectivity index (χ3v) is 5.42. The molecule has 9 heteroatoms. The Morgan fingerprint density at radius 2 is 1.93 bits per heavy atom. The standard InChI is InChI=1S/C20H21N5O4/c1-27-17-6-5-16-21-22-19(25(16)23-17)13-7-9-24(10-8-13)20(26)14-3-2-4-15-18(14)29-12-11-28-15/h2-6,13H,7-12H2,1H3. The molecular weight excluding hydrogens is 374 g/mol. The highest BCUT2D eigenvalue weighted by Crippen LogP contribution is 2.35. The van der Waals surface area contributed by atoms with Crippen LogP contribution in [0.2, 0.25) is 0 Å². The fourth-order valence-corrected chi connectivity index (χ4v) is 3.91. The maximum absolute atomic E-state index is 13.1. The topological polar surface area (TPSA) is 91.1 Å². The lowest BCUT2D eigenvalue weighted by Gasteiger charge is -2.32. The second kappa shape index (κ2) is 7.23. The zero-order valence-electron chi connectivity index (χ0n) is 16.1. The van der Waals surface area contributed by atoms with Gasteiger partial charge in [0.25, 0.3) is 5.91 Å². The zero-order valence-corrected chi connectivity index (χ0v) is 16.1. The van der Waals surface area contributed by atoms with Crippen LogP contribution in [-0.2, 0) is 0 Å². The van der Waals surface area contributed by atoms with E-state index >= 15 is 0 Å². The molecule has 2 aliphatic heterocycles. The summed E-state index contributed by atoms with van der Waals surface area (Å²) in [6, 6.07) is 9.05. The minimum atomic E-state index is -0.0308. The van der Waals surface area contributed by atoms with Gasteiger partial charge in [-0.15, -0.1) is 15.3 Å². The van der Waals surface area contributed by atoms with Gasteiger partial charge in [-0.2, -0.15) is 4.52 Å². The van der Waals surface area contributed by atoms with Gasteiger partial charge in [-0.3, -0.25) is 4.79 Å².